The molecule has 0 aliphatic carbocycles. The van der Waals surface area contributed by atoms with Gasteiger partial charge in [0.05, 0.1) is 17.7 Å². The molecule has 5 nitrogen and oxygen atoms in total. The molecule has 1 aromatic carbocycles. The van der Waals surface area contributed by atoms with Gasteiger partial charge in [-0.25, -0.2) is 0 Å². The lowest BCUT2D eigenvalue weighted by molar-refractivity contribution is -0.143. The van der Waals surface area contributed by atoms with Crippen molar-refractivity contribution in [1.82, 2.24) is 9.80 Å². The highest BCUT2D eigenvalue weighted by molar-refractivity contribution is 5.79. The SMILES string of the molecule is C[C@H](Cc1cc(C(F)(F)F)cc(C(F)(F)F)c1)C(=O)N1CCC(C2CCN(CC(=O)O)CC2)CC1. The minimum absolute atomic E-state index is 0.0356. The zero-order valence-corrected chi connectivity index (χ0v) is 19.5. The largest absolute Gasteiger partial charge is 0.480 e. The summed E-state index contributed by atoms with van der Waals surface area (Å²) < 4.78 is 78.7. The van der Waals surface area contributed by atoms with Gasteiger partial charge in [-0.3, -0.25) is 14.5 Å². The Labute approximate surface area is 200 Å². The number of amides is 1. The second-order valence-corrected chi connectivity index (χ2v) is 9.69. The zero-order chi connectivity index (χ0) is 26.0. The number of carboxylic acid groups (broad SMARTS) is 1. The van der Waals surface area contributed by atoms with Crippen LogP contribution in [0.15, 0.2) is 18.2 Å². The molecule has 2 aliphatic rings. The number of carboxylic acids is 1. The minimum atomic E-state index is -4.92. The highest BCUT2D eigenvalue weighted by Crippen LogP contribution is 2.37. The first-order chi connectivity index (χ1) is 16.2. The van der Waals surface area contributed by atoms with Crippen molar-refractivity contribution in [3.63, 3.8) is 0 Å². The van der Waals surface area contributed by atoms with Gasteiger partial charge in [-0.15, -0.1) is 0 Å². The summed E-state index contributed by atoms with van der Waals surface area (Å²) in [5, 5.41) is 8.92. The first-order valence-electron chi connectivity index (χ1n) is 11.8. The summed E-state index contributed by atoms with van der Waals surface area (Å²) in [6.45, 7) is 4.02. The molecule has 0 radical (unpaired) electrons. The van der Waals surface area contributed by atoms with Gasteiger partial charge in [0, 0.05) is 19.0 Å². The van der Waals surface area contributed by atoms with E-state index in [1.807, 2.05) is 4.90 Å². The summed E-state index contributed by atoms with van der Waals surface area (Å²) in [6, 6.07) is 1.46. The summed E-state index contributed by atoms with van der Waals surface area (Å²) >= 11 is 0. The van der Waals surface area contributed by atoms with E-state index in [1.165, 1.54) is 6.92 Å². The van der Waals surface area contributed by atoms with E-state index in [-0.39, 0.29) is 30.5 Å². The second-order valence-electron chi connectivity index (χ2n) is 9.69. The van der Waals surface area contributed by atoms with Crippen molar-refractivity contribution >= 4 is 11.9 Å². The Morgan fingerprint density at radius 1 is 0.886 bits per heavy atom. The first-order valence-corrected chi connectivity index (χ1v) is 11.8. The van der Waals surface area contributed by atoms with Crippen LogP contribution in [0, 0.1) is 17.8 Å². The van der Waals surface area contributed by atoms with Crippen molar-refractivity contribution in [2.24, 2.45) is 17.8 Å². The summed E-state index contributed by atoms with van der Waals surface area (Å²) in [7, 11) is 0. The number of hydrogen-bond donors (Lipinski definition) is 1. The number of carbonyl (C=O) groups is 2. The fourth-order valence-corrected chi connectivity index (χ4v) is 5.25. The predicted molar refractivity (Wildman–Crippen MR) is 115 cm³/mol. The average molecular weight is 509 g/mol. The molecule has 0 aromatic heterocycles. The van der Waals surface area contributed by atoms with Gasteiger partial charge in [-0.1, -0.05) is 6.92 Å². The van der Waals surface area contributed by atoms with Crippen LogP contribution in [0.3, 0.4) is 0 Å². The number of aliphatic carboxylic acids is 1. The number of carbonyl (C=O) groups excluding carboxylic acids is 1. The number of alkyl halides is 6. The summed E-state index contributed by atoms with van der Waals surface area (Å²) in [6.07, 6.45) is -6.69. The molecule has 0 unspecified atom stereocenters. The lowest BCUT2D eigenvalue weighted by atomic mass is 9.78. The number of hydrogen-bond acceptors (Lipinski definition) is 3. The van der Waals surface area contributed by atoms with Gasteiger partial charge in [-0.05, 0) is 80.8 Å². The molecule has 3 rings (SSSR count). The van der Waals surface area contributed by atoms with Crippen molar-refractivity contribution in [2.75, 3.05) is 32.7 Å². The fraction of sp³-hybridized carbons (Fsp3) is 0.667. The maximum absolute atomic E-state index is 13.1. The third-order valence-corrected chi connectivity index (χ3v) is 7.12. The highest BCUT2D eigenvalue weighted by Gasteiger charge is 2.37. The maximum atomic E-state index is 13.1. The number of rotatable bonds is 6. The van der Waals surface area contributed by atoms with Crippen molar-refractivity contribution in [1.29, 1.82) is 0 Å². The number of piperidine rings is 2. The number of benzene rings is 1. The van der Waals surface area contributed by atoms with Gasteiger partial charge < -0.3 is 10.0 Å². The van der Waals surface area contributed by atoms with Crippen LogP contribution in [0.4, 0.5) is 26.3 Å². The van der Waals surface area contributed by atoms with Gasteiger partial charge in [0.2, 0.25) is 5.91 Å². The highest BCUT2D eigenvalue weighted by atomic mass is 19.4. The molecule has 2 aliphatic heterocycles. The van der Waals surface area contributed by atoms with Crippen molar-refractivity contribution in [3.8, 4) is 0 Å². The van der Waals surface area contributed by atoms with E-state index < -0.39 is 35.4 Å². The molecule has 0 bridgehead atoms. The molecule has 1 N–H and O–H groups in total. The molecule has 0 saturated carbocycles. The number of nitrogens with zero attached hydrogens (tertiary/aromatic N) is 2. The third kappa shape index (κ3) is 7.35. The molecule has 1 amide bonds. The van der Waals surface area contributed by atoms with E-state index in [9.17, 15) is 35.9 Å². The molecule has 35 heavy (non-hydrogen) atoms. The van der Waals surface area contributed by atoms with E-state index in [1.54, 1.807) is 4.90 Å². The Morgan fingerprint density at radius 3 is 1.77 bits per heavy atom. The Bertz CT molecular complexity index is 869. The quantitative estimate of drug-likeness (QED) is 0.554. The third-order valence-electron chi connectivity index (χ3n) is 7.12. The average Bonchev–Trinajstić information content (AvgIpc) is 2.77. The van der Waals surface area contributed by atoms with E-state index in [4.69, 9.17) is 5.11 Å². The van der Waals surface area contributed by atoms with Crippen LogP contribution in [0.5, 0.6) is 0 Å². The fourth-order valence-electron chi connectivity index (χ4n) is 5.25. The molecule has 1 aromatic rings. The summed E-state index contributed by atoms with van der Waals surface area (Å²) in [4.78, 5) is 27.3. The summed E-state index contributed by atoms with van der Waals surface area (Å²) in [5.41, 5.74) is -2.93. The van der Waals surface area contributed by atoms with Crippen LogP contribution in [0.1, 0.15) is 49.3 Å². The monoisotopic (exact) mass is 508 g/mol. The molecule has 11 heteroatoms. The predicted octanol–water partition coefficient (Wildman–Crippen LogP) is 4.94. The van der Waals surface area contributed by atoms with Crippen LogP contribution in [0.2, 0.25) is 0 Å². The molecule has 2 heterocycles. The van der Waals surface area contributed by atoms with Gasteiger partial charge in [-0.2, -0.15) is 26.3 Å². The van der Waals surface area contributed by atoms with Crippen LogP contribution < -0.4 is 0 Å². The molecule has 196 valence electrons. The Balaban J connectivity index is 1.56. The Hall–Kier alpha value is -2.30. The second kappa shape index (κ2) is 10.8. The van der Waals surface area contributed by atoms with Gasteiger partial charge in [0.25, 0.3) is 0 Å². The lowest BCUT2D eigenvalue weighted by Crippen LogP contribution is -2.45. The van der Waals surface area contributed by atoms with Crippen molar-refractivity contribution in [3.05, 3.63) is 34.9 Å². The molecular formula is C24H30F6N2O3. The molecule has 0 spiro atoms. The standard InChI is InChI=1S/C24H30F6N2O3/c1-15(10-16-11-19(23(25,26)27)13-20(12-16)24(28,29)30)22(35)32-8-4-18(5-9-32)17-2-6-31(7-3-17)14-21(33)34/h11-13,15,17-18H,2-10,14H2,1H3,(H,33,34)/t15-/m1/s1. The van der Waals surface area contributed by atoms with E-state index in [0.717, 1.165) is 38.8 Å². The Kier molecular flexibility index (Phi) is 8.39. The van der Waals surface area contributed by atoms with Crippen LogP contribution in [-0.4, -0.2) is 59.5 Å². The molecular weight excluding hydrogens is 478 g/mol. The van der Waals surface area contributed by atoms with Crippen molar-refractivity contribution in [2.45, 2.75) is 51.4 Å². The number of likely N-dealkylation sites (tertiary alicyclic amines) is 2. The van der Waals surface area contributed by atoms with Gasteiger partial charge in [0.15, 0.2) is 0 Å². The Morgan fingerprint density at radius 2 is 1.34 bits per heavy atom. The zero-order valence-electron chi connectivity index (χ0n) is 19.5. The number of halogens is 6. The topological polar surface area (TPSA) is 60.9 Å². The van der Waals surface area contributed by atoms with Crippen molar-refractivity contribution < 1.29 is 41.0 Å². The van der Waals surface area contributed by atoms with E-state index in [0.29, 0.717) is 37.1 Å². The summed E-state index contributed by atoms with van der Waals surface area (Å²) in [5.74, 6) is -0.995. The first kappa shape index (κ1) is 27.3. The van der Waals surface area contributed by atoms with Crippen LogP contribution >= 0.6 is 0 Å². The normalized spacial score (nSPS) is 20.1. The van der Waals surface area contributed by atoms with Crippen LogP contribution in [0.25, 0.3) is 0 Å². The molecule has 2 saturated heterocycles. The lowest BCUT2D eigenvalue weighted by Gasteiger charge is -2.40. The molecule has 1 atom stereocenters. The maximum Gasteiger partial charge on any atom is 0.416 e. The van der Waals surface area contributed by atoms with Crippen LogP contribution in [-0.2, 0) is 28.4 Å². The molecule has 2 fully saturated rings. The van der Waals surface area contributed by atoms with E-state index in [2.05, 4.69) is 0 Å². The van der Waals surface area contributed by atoms with E-state index >= 15 is 0 Å². The van der Waals surface area contributed by atoms with Gasteiger partial charge >= 0.3 is 18.3 Å². The minimum Gasteiger partial charge on any atom is -0.480 e. The smallest absolute Gasteiger partial charge is 0.416 e. The van der Waals surface area contributed by atoms with Gasteiger partial charge in [0.1, 0.15) is 0 Å².